The number of hydrogen-bond acceptors (Lipinski definition) is 2. The minimum Gasteiger partial charge on any atom is -0.205 e. The van der Waals surface area contributed by atoms with Gasteiger partial charge in [-0.25, -0.2) is 4.39 Å². The van der Waals surface area contributed by atoms with Crippen LogP contribution < -0.4 is 0 Å². The summed E-state index contributed by atoms with van der Waals surface area (Å²) in [6, 6.07) is 1.82. The molecule has 0 aliphatic carbocycles. The number of hydrogen-bond donors (Lipinski definition) is 0. The fourth-order valence-electron chi connectivity index (χ4n) is 0.762. The van der Waals surface area contributed by atoms with Gasteiger partial charge in [-0.2, -0.15) is 8.42 Å². The average Bonchev–Trinajstić information content (AvgIpc) is 1.78. The topological polar surface area (TPSA) is 34.1 Å². The van der Waals surface area contributed by atoms with Gasteiger partial charge in [0.2, 0.25) is 0 Å². The van der Waals surface area contributed by atoms with Gasteiger partial charge < -0.3 is 0 Å². The number of benzene rings is 1. The van der Waals surface area contributed by atoms with E-state index in [1.807, 2.05) is 0 Å². The summed E-state index contributed by atoms with van der Waals surface area (Å²) in [5.74, 6) is -1.22. The molecule has 72 valence electrons. The fraction of sp³-hybridized carbons (Fsp3) is 0. The summed E-state index contributed by atoms with van der Waals surface area (Å²) in [4.78, 5) is -1.03. The molecular formula is C6H2BrClF2O2S. The van der Waals surface area contributed by atoms with Gasteiger partial charge in [0.15, 0.2) is 0 Å². The highest BCUT2D eigenvalue weighted by Crippen LogP contribution is 2.29. The molecular weight excluding hydrogens is 289 g/mol. The normalized spacial score (nSPS) is 11.7. The molecule has 0 N–H and O–H groups in total. The summed E-state index contributed by atoms with van der Waals surface area (Å²) < 4.78 is 45.9. The summed E-state index contributed by atoms with van der Waals surface area (Å²) in [7, 11) is -5.06. The van der Waals surface area contributed by atoms with E-state index in [0.717, 1.165) is 12.1 Å². The van der Waals surface area contributed by atoms with Gasteiger partial charge in [0, 0.05) is 9.50 Å². The number of halogens is 4. The smallest absolute Gasteiger partial charge is 0.205 e. The van der Waals surface area contributed by atoms with Gasteiger partial charge in [-0.3, -0.25) is 0 Å². The minimum absolute atomic E-state index is 0.0169. The van der Waals surface area contributed by atoms with Crippen molar-refractivity contribution in [1.29, 1.82) is 0 Å². The van der Waals surface area contributed by atoms with Crippen LogP contribution in [0.4, 0.5) is 8.28 Å². The Morgan fingerprint density at radius 3 is 2.31 bits per heavy atom. The van der Waals surface area contributed by atoms with Crippen LogP contribution in [0.3, 0.4) is 0 Å². The Labute approximate surface area is 86.9 Å². The van der Waals surface area contributed by atoms with E-state index >= 15 is 0 Å². The summed E-state index contributed by atoms with van der Waals surface area (Å²) >= 11 is 8.08. The van der Waals surface area contributed by atoms with Crippen LogP contribution in [0, 0.1) is 5.82 Å². The third-order valence-electron chi connectivity index (χ3n) is 1.21. The molecule has 0 fully saturated rings. The lowest BCUT2D eigenvalue weighted by Gasteiger charge is -2.01. The van der Waals surface area contributed by atoms with Crippen molar-refractivity contribution in [2.24, 2.45) is 0 Å². The fourth-order valence-corrected chi connectivity index (χ4v) is 2.70. The van der Waals surface area contributed by atoms with Gasteiger partial charge in [0.25, 0.3) is 0 Å². The molecule has 1 rings (SSSR count). The molecule has 0 spiro atoms. The molecule has 0 unspecified atom stereocenters. The van der Waals surface area contributed by atoms with Crippen LogP contribution >= 0.6 is 27.5 Å². The first-order valence-corrected chi connectivity index (χ1v) is 5.47. The van der Waals surface area contributed by atoms with E-state index in [1.165, 1.54) is 0 Å². The number of rotatable bonds is 1. The third-order valence-corrected chi connectivity index (χ3v) is 3.22. The molecule has 0 aliphatic rings. The van der Waals surface area contributed by atoms with E-state index in [9.17, 15) is 16.7 Å². The van der Waals surface area contributed by atoms with E-state index in [0.29, 0.717) is 0 Å². The first kappa shape index (κ1) is 10.9. The second-order valence-electron chi connectivity index (χ2n) is 2.14. The van der Waals surface area contributed by atoms with Gasteiger partial charge in [-0.15, -0.1) is 3.89 Å². The first-order chi connectivity index (χ1) is 5.82. The molecule has 0 saturated heterocycles. The Morgan fingerprint density at radius 2 is 1.92 bits per heavy atom. The second kappa shape index (κ2) is 3.51. The zero-order valence-electron chi connectivity index (χ0n) is 5.89. The summed E-state index contributed by atoms with van der Waals surface area (Å²) in [6.07, 6.45) is 0. The van der Waals surface area contributed by atoms with Crippen LogP contribution in [-0.4, -0.2) is 8.42 Å². The highest BCUT2D eigenvalue weighted by atomic mass is 79.9. The van der Waals surface area contributed by atoms with Crippen LogP contribution in [0.25, 0.3) is 0 Å². The van der Waals surface area contributed by atoms with Crippen molar-refractivity contribution in [3.63, 3.8) is 0 Å². The molecule has 0 atom stereocenters. The van der Waals surface area contributed by atoms with Crippen molar-refractivity contribution in [3.8, 4) is 0 Å². The Bertz CT molecular complexity index is 423. The van der Waals surface area contributed by atoms with Crippen molar-refractivity contribution in [1.82, 2.24) is 0 Å². The molecule has 0 heterocycles. The highest BCUT2D eigenvalue weighted by Gasteiger charge is 2.22. The maximum atomic E-state index is 12.9. The zero-order valence-corrected chi connectivity index (χ0v) is 9.05. The monoisotopic (exact) mass is 290 g/mol. The molecule has 1 aromatic rings. The quantitative estimate of drug-likeness (QED) is 0.746. The molecule has 0 saturated carbocycles. The Balaban J connectivity index is 3.57. The van der Waals surface area contributed by atoms with Crippen molar-refractivity contribution in [3.05, 3.63) is 27.4 Å². The van der Waals surface area contributed by atoms with Crippen molar-refractivity contribution >= 4 is 37.8 Å². The van der Waals surface area contributed by atoms with E-state index in [4.69, 9.17) is 11.6 Å². The maximum absolute atomic E-state index is 12.9. The predicted octanol–water partition coefficient (Wildman–Crippen LogP) is 2.90. The predicted molar refractivity (Wildman–Crippen MR) is 47.4 cm³/mol. The van der Waals surface area contributed by atoms with Crippen LogP contribution in [0.2, 0.25) is 5.02 Å². The Kier molecular flexibility index (Phi) is 2.94. The molecule has 7 heteroatoms. The third kappa shape index (κ3) is 2.38. The van der Waals surface area contributed by atoms with Gasteiger partial charge in [-0.1, -0.05) is 11.6 Å². The van der Waals surface area contributed by atoms with Crippen LogP contribution in [0.5, 0.6) is 0 Å². The molecule has 0 aliphatic heterocycles. The summed E-state index contributed by atoms with van der Waals surface area (Å²) in [6.45, 7) is 0. The zero-order chi connectivity index (χ0) is 10.2. The van der Waals surface area contributed by atoms with Gasteiger partial charge in [-0.05, 0) is 28.1 Å². The second-order valence-corrected chi connectivity index (χ2v) is 4.71. The van der Waals surface area contributed by atoms with E-state index in [1.54, 1.807) is 0 Å². The van der Waals surface area contributed by atoms with Gasteiger partial charge in [0.1, 0.15) is 10.7 Å². The Morgan fingerprint density at radius 1 is 1.38 bits per heavy atom. The SMILES string of the molecule is O=S(=O)(F)c1c(F)cc(Cl)cc1Br. The van der Waals surface area contributed by atoms with E-state index < -0.39 is 20.9 Å². The molecule has 0 amide bonds. The average molecular weight is 292 g/mol. The largest absolute Gasteiger partial charge is 0.336 e. The molecule has 0 radical (unpaired) electrons. The van der Waals surface area contributed by atoms with Crippen molar-refractivity contribution in [2.45, 2.75) is 4.90 Å². The minimum atomic E-state index is -5.06. The van der Waals surface area contributed by atoms with Crippen molar-refractivity contribution < 1.29 is 16.7 Å². The summed E-state index contributed by atoms with van der Waals surface area (Å²) in [5.41, 5.74) is 0. The molecule has 2 nitrogen and oxygen atoms in total. The lowest BCUT2D eigenvalue weighted by atomic mass is 10.3. The molecule has 0 bridgehead atoms. The standard InChI is InChI=1S/C6H2BrClF2O2S/c7-4-1-3(8)2-5(9)6(4)13(10,11)12/h1-2H. The van der Waals surface area contributed by atoms with Crippen LogP contribution in [-0.2, 0) is 10.2 Å². The van der Waals surface area contributed by atoms with Crippen LogP contribution in [0.1, 0.15) is 0 Å². The van der Waals surface area contributed by atoms with Gasteiger partial charge in [0.05, 0.1) is 0 Å². The maximum Gasteiger partial charge on any atom is 0.336 e. The lowest BCUT2D eigenvalue weighted by molar-refractivity contribution is 0.532. The van der Waals surface area contributed by atoms with Crippen LogP contribution in [0.15, 0.2) is 21.5 Å². The highest BCUT2D eigenvalue weighted by molar-refractivity contribution is 9.10. The van der Waals surface area contributed by atoms with E-state index in [2.05, 4.69) is 15.9 Å². The van der Waals surface area contributed by atoms with E-state index in [-0.39, 0.29) is 9.50 Å². The van der Waals surface area contributed by atoms with Crippen molar-refractivity contribution in [2.75, 3.05) is 0 Å². The lowest BCUT2D eigenvalue weighted by Crippen LogP contribution is -1.97. The summed E-state index contributed by atoms with van der Waals surface area (Å²) in [5, 5.41) is -0.0169. The molecule has 13 heavy (non-hydrogen) atoms. The Hall–Kier alpha value is -0.200. The molecule has 1 aromatic carbocycles. The van der Waals surface area contributed by atoms with Gasteiger partial charge >= 0.3 is 10.2 Å². The molecule has 0 aromatic heterocycles. The first-order valence-electron chi connectivity index (χ1n) is 2.91.